The van der Waals surface area contributed by atoms with E-state index in [1.807, 2.05) is 26.0 Å². The molecule has 1 heterocycles. The molecule has 0 amide bonds. The lowest BCUT2D eigenvalue weighted by molar-refractivity contribution is 0.0519. The van der Waals surface area contributed by atoms with Crippen LogP contribution in [0.25, 0.3) is 0 Å². The highest BCUT2D eigenvalue weighted by Crippen LogP contribution is 2.11. The zero-order chi connectivity index (χ0) is 10.6. The summed E-state index contributed by atoms with van der Waals surface area (Å²) in [5.74, 6) is -0.0284. The Kier molecular flexibility index (Phi) is 3.63. The normalized spacial score (nSPS) is 10.3. The Morgan fingerprint density at radius 2 is 2.21 bits per heavy atom. The highest BCUT2D eigenvalue weighted by atomic mass is 16.5. The Labute approximate surface area is 84.1 Å². The van der Waals surface area contributed by atoms with Crippen LogP contribution in [0.4, 0.5) is 0 Å². The summed E-state index contributed by atoms with van der Waals surface area (Å²) in [5, 5.41) is 0. The van der Waals surface area contributed by atoms with Crippen LogP contribution < -0.4 is 0 Å². The molecule has 1 aromatic rings. The molecule has 0 aromatic carbocycles. The Hall–Kier alpha value is -1.38. The van der Waals surface area contributed by atoms with E-state index in [1.54, 1.807) is 13.0 Å². The van der Waals surface area contributed by atoms with E-state index in [4.69, 9.17) is 4.74 Å². The van der Waals surface area contributed by atoms with E-state index in [2.05, 4.69) is 4.98 Å². The molecule has 1 aromatic heterocycles. The largest absolute Gasteiger partial charge is 0.461 e. The number of esters is 1. The van der Waals surface area contributed by atoms with Crippen molar-refractivity contribution in [3.05, 3.63) is 29.6 Å². The molecule has 1 rings (SSSR count). The van der Waals surface area contributed by atoms with Crippen molar-refractivity contribution in [2.75, 3.05) is 6.61 Å². The van der Waals surface area contributed by atoms with Gasteiger partial charge in [-0.15, -0.1) is 0 Å². The minimum Gasteiger partial charge on any atom is -0.461 e. The predicted molar refractivity (Wildman–Crippen MR) is 54.3 cm³/mol. The molecule has 0 bridgehead atoms. The molecule has 0 aliphatic carbocycles. The zero-order valence-electron chi connectivity index (χ0n) is 8.78. The summed E-state index contributed by atoms with van der Waals surface area (Å²) in [6, 6.07) is 5.41. The van der Waals surface area contributed by atoms with E-state index in [1.165, 1.54) is 0 Å². The van der Waals surface area contributed by atoms with Crippen molar-refractivity contribution >= 4 is 5.97 Å². The summed E-state index contributed by atoms with van der Waals surface area (Å²) >= 11 is 0. The summed E-state index contributed by atoms with van der Waals surface area (Å²) in [4.78, 5) is 15.6. The van der Waals surface area contributed by atoms with Gasteiger partial charge in [0, 0.05) is 5.69 Å². The number of hydrogen-bond donors (Lipinski definition) is 0. The van der Waals surface area contributed by atoms with Crippen LogP contribution in [-0.2, 0) is 4.74 Å². The fourth-order valence-electron chi connectivity index (χ4n) is 1.09. The van der Waals surface area contributed by atoms with E-state index in [0.717, 1.165) is 5.69 Å². The molecule has 76 valence electrons. The first-order chi connectivity index (χ1) is 6.65. The van der Waals surface area contributed by atoms with Crippen LogP contribution in [0.1, 0.15) is 42.9 Å². The summed E-state index contributed by atoms with van der Waals surface area (Å²) in [6.45, 7) is 6.24. The molecule has 0 aliphatic heterocycles. The molecule has 0 fully saturated rings. The first-order valence-corrected chi connectivity index (χ1v) is 4.79. The average Bonchev–Trinajstić information content (AvgIpc) is 2.18. The molecule has 0 saturated heterocycles. The Morgan fingerprint density at radius 1 is 1.50 bits per heavy atom. The third kappa shape index (κ3) is 2.55. The van der Waals surface area contributed by atoms with Gasteiger partial charge in [-0.25, -0.2) is 9.78 Å². The first kappa shape index (κ1) is 10.7. The van der Waals surface area contributed by atoms with Gasteiger partial charge in [-0.05, 0) is 25.0 Å². The van der Waals surface area contributed by atoms with Crippen LogP contribution in [0.3, 0.4) is 0 Å². The highest BCUT2D eigenvalue weighted by Gasteiger charge is 2.09. The van der Waals surface area contributed by atoms with Gasteiger partial charge in [0.1, 0.15) is 5.69 Å². The van der Waals surface area contributed by atoms with Crippen LogP contribution in [-0.4, -0.2) is 17.6 Å². The number of aromatic nitrogens is 1. The smallest absolute Gasteiger partial charge is 0.356 e. The quantitative estimate of drug-likeness (QED) is 0.692. The van der Waals surface area contributed by atoms with Gasteiger partial charge in [-0.1, -0.05) is 19.9 Å². The topological polar surface area (TPSA) is 39.2 Å². The first-order valence-electron chi connectivity index (χ1n) is 4.79. The number of carbonyl (C=O) groups is 1. The van der Waals surface area contributed by atoms with Crippen LogP contribution in [0, 0.1) is 0 Å². The molecule has 0 atom stereocenters. The van der Waals surface area contributed by atoms with Crippen LogP contribution in [0.5, 0.6) is 0 Å². The SMILES string of the molecule is CCOC(=O)c1cccc(C(C)C)n1. The molecular formula is C11H15NO2. The van der Waals surface area contributed by atoms with Gasteiger partial charge in [0.25, 0.3) is 0 Å². The fourth-order valence-corrected chi connectivity index (χ4v) is 1.09. The highest BCUT2D eigenvalue weighted by molar-refractivity contribution is 5.87. The van der Waals surface area contributed by atoms with Crippen molar-refractivity contribution in [3.8, 4) is 0 Å². The van der Waals surface area contributed by atoms with Crippen molar-refractivity contribution in [3.63, 3.8) is 0 Å². The molecule has 0 aliphatic rings. The van der Waals surface area contributed by atoms with Crippen LogP contribution in [0.2, 0.25) is 0 Å². The second-order valence-corrected chi connectivity index (χ2v) is 3.32. The average molecular weight is 193 g/mol. The van der Waals surface area contributed by atoms with E-state index < -0.39 is 0 Å². The third-order valence-electron chi connectivity index (χ3n) is 1.85. The van der Waals surface area contributed by atoms with Crippen LogP contribution >= 0.6 is 0 Å². The number of pyridine rings is 1. The molecule has 0 radical (unpaired) electrons. The summed E-state index contributed by atoms with van der Waals surface area (Å²) < 4.78 is 4.86. The number of carbonyl (C=O) groups excluding carboxylic acids is 1. The molecule has 3 heteroatoms. The third-order valence-corrected chi connectivity index (χ3v) is 1.85. The van der Waals surface area contributed by atoms with E-state index in [-0.39, 0.29) is 5.97 Å². The second kappa shape index (κ2) is 4.74. The minimum absolute atomic E-state index is 0.323. The maximum absolute atomic E-state index is 11.3. The standard InChI is InChI=1S/C11H15NO2/c1-4-14-11(13)10-7-5-6-9(12-10)8(2)3/h5-8H,4H2,1-3H3. The predicted octanol–water partition coefficient (Wildman–Crippen LogP) is 2.38. The molecule has 3 nitrogen and oxygen atoms in total. The van der Waals surface area contributed by atoms with Gasteiger partial charge in [0.2, 0.25) is 0 Å². The molecule has 14 heavy (non-hydrogen) atoms. The van der Waals surface area contributed by atoms with Crippen molar-refractivity contribution in [2.45, 2.75) is 26.7 Å². The molecule has 0 N–H and O–H groups in total. The number of nitrogens with zero attached hydrogens (tertiary/aromatic N) is 1. The lowest BCUT2D eigenvalue weighted by Gasteiger charge is -2.06. The van der Waals surface area contributed by atoms with Gasteiger partial charge >= 0.3 is 5.97 Å². The number of rotatable bonds is 3. The molecule has 0 spiro atoms. The summed E-state index contributed by atoms with van der Waals surface area (Å²) in [6.07, 6.45) is 0. The van der Waals surface area contributed by atoms with E-state index >= 15 is 0 Å². The Balaban J connectivity index is 2.88. The maximum Gasteiger partial charge on any atom is 0.356 e. The Morgan fingerprint density at radius 3 is 2.79 bits per heavy atom. The van der Waals surface area contributed by atoms with Gasteiger partial charge in [0.05, 0.1) is 6.61 Å². The molecular weight excluding hydrogens is 178 g/mol. The maximum atomic E-state index is 11.3. The van der Waals surface area contributed by atoms with Gasteiger partial charge in [0.15, 0.2) is 0 Å². The zero-order valence-corrected chi connectivity index (χ0v) is 8.78. The van der Waals surface area contributed by atoms with Gasteiger partial charge < -0.3 is 4.74 Å². The Bertz CT molecular complexity index is 321. The fraction of sp³-hybridized carbons (Fsp3) is 0.455. The van der Waals surface area contributed by atoms with Crippen molar-refractivity contribution in [1.82, 2.24) is 4.98 Å². The van der Waals surface area contributed by atoms with Crippen molar-refractivity contribution < 1.29 is 9.53 Å². The van der Waals surface area contributed by atoms with E-state index in [9.17, 15) is 4.79 Å². The molecule has 0 unspecified atom stereocenters. The monoisotopic (exact) mass is 193 g/mol. The summed E-state index contributed by atoms with van der Waals surface area (Å²) in [5.41, 5.74) is 1.30. The lowest BCUT2D eigenvalue weighted by atomic mass is 10.1. The lowest BCUT2D eigenvalue weighted by Crippen LogP contribution is -2.08. The van der Waals surface area contributed by atoms with Crippen molar-refractivity contribution in [1.29, 1.82) is 0 Å². The van der Waals surface area contributed by atoms with Crippen molar-refractivity contribution in [2.24, 2.45) is 0 Å². The van der Waals surface area contributed by atoms with Gasteiger partial charge in [-0.3, -0.25) is 0 Å². The molecule has 0 saturated carbocycles. The van der Waals surface area contributed by atoms with Crippen LogP contribution in [0.15, 0.2) is 18.2 Å². The number of hydrogen-bond acceptors (Lipinski definition) is 3. The van der Waals surface area contributed by atoms with Gasteiger partial charge in [-0.2, -0.15) is 0 Å². The summed E-state index contributed by atoms with van der Waals surface area (Å²) in [7, 11) is 0. The second-order valence-electron chi connectivity index (χ2n) is 3.32. The van der Waals surface area contributed by atoms with E-state index in [0.29, 0.717) is 18.2 Å². The minimum atomic E-state index is -0.352. The number of ether oxygens (including phenoxy) is 1.